The molecule has 2 aromatic rings. The minimum absolute atomic E-state index is 0.0497. The van der Waals surface area contributed by atoms with Crippen molar-refractivity contribution in [1.29, 1.82) is 0 Å². The molecular formula is C18H19F3N2O. The second-order valence-electron chi connectivity index (χ2n) is 6.03. The third-order valence-electron chi connectivity index (χ3n) is 4.33. The Balaban J connectivity index is 2.15. The Hall–Kier alpha value is -2.08. The van der Waals surface area contributed by atoms with E-state index in [4.69, 9.17) is 0 Å². The predicted molar refractivity (Wildman–Crippen MR) is 86.2 cm³/mol. The van der Waals surface area contributed by atoms with Crippen molar-refractivity contribution in [2.75, 3.05) is 6.54 Å². The molecule has 0 spiro atoms. The summed E-state index contributed by atoms with van der Waals surface area (Å²) in [6.07, 6.45) is -2.66. The van der Waals surface area contributed by atoms with E-state index in [-0.39, 0.29) is 24.4 Å². The maximum atomic E-state index is 13.8. The Morgan fingerprint density at radius 2 is 1.88 bits per heavy atom. The first kappa shape index (κ1) is 16.8. The van der Waals surface area contributed by atoms with Gasteiger partial charge in [-0.3, -0.25) is 10.2 Å². The highest BCUT2D eigenvalue weighted by Crippen LogP contribution is 2.41. The lowest BCUT2D eigenvalue weighted by molar-refractivity contribution is -0.190. The van der Waals surface area contributed by atoms with E-state index >= 15 is 0 Å². The second kappa shape index (κ2) is 6.43. The summed E-state index contributed by atoms with van der Waals surface area (Å²) in [6.45, 7) is 2.09. The zero-order valence-corrected chi connectivity index (χ0v) is 13.4. The lowest BCUT2D eigenvalue weighted by atomic mass is 9.93. The molecule has 24 heavy (non-hydrogen) atoms. The van der Waals surface area contributed by atoms with Crippen molar-refractivity contribution in [2.24, 2.45) is 0 Å². The van der Waals surface area contributed by atoms with Gasteiger partial charge in [0, 0.05) is 13.0 Å². The largest absolute Gasteiger partial charge is 0.409 e. The molecule has 1 atom stereocenters. The number of nitrogens with zero attached hydrogens (tertiary/aromatic N) is 1. The normalized spacial score (nSPS) is 17.2. The summed E-state index contributed by atoms with van der Waals surface area (Å²) < 4.78 is 41.3. The van der Waals surface area contributed by atoms with E-state index < -0.39 is 12.2 Å². The van der Waals surface area contributed by atoms with Gasteiger partial charge in [-0.2, -0.15) is 13.2 Å². The van der Waals surface area contributed by atoms with Gasteiger partial charge in [0.15, 0.2) is 6.04 Å². The van der Waals surface area contributed by atoms with Gasteiger partial charge in [-0.25, -0.2) is 5.01 Å². The van der Waals surface area contributed by atoms with Crippen LogP contribution >= 0.6 is 0 Å². The Kier molecular flexibility index (Phi) is 4.49. The summed E-state index contributed by atoms with van der Waals surface area (Å²) in [5, 5.41) is 2.44. The Morgan fingerprint density at radius 1 is 1.17 bits per heavy atom. The van der Waals surface area contributed by atoms with Crippen molar-refractivity contribution < 1.29 is 18.0 Å². The fourth-order valence-corrected chi connectivity index (χ4v) is 3.32. The Morgan fingerprint density at radius 3 is 2.46 bits per heavy atom. The van der Waals surface area contributed by atoms with Crippen LogP contribution in [-0.2, 0) is 11.2 Å². The summed E-state index contributed by atoms with van der Waals surface area (Å²) in [5.41, 5.74) is 3.56. The molecule has 2 aromatic carbocycles. The number of carbonyl (C=O) groups excluding carboxylic acids is 1. The number of aryl methyl sites for hydroxylation is 1. The molecule has 128 valence electrons. The van der Waals surface area contributed by atoms with Gasteiger partial charge in [-0.15, -0.1) is 0 Å². The fraction of sp³-hybridized carbons (Fsp3) is 0.389. The molecule has 1 fully saturated rings. The van der Waals surface area contributed by atoms with E-state index in [1.165, 1.54) is 0 Å². The number of hydrazine groups is 1. The predicted octanol–water partition coefficient (Wildman–Crippen LogP) is 4.13. The quantitative estimate of drug-likeness (QED) is 0.910. The van der Waals surface area contributed by atoms with Gasteiger partial charge in [0.1, 0.15) is 0 Å². The van der Waals surface area contributed by atoms with Crippen LogP contribution in [-0.4, -0.2) is 23.6 Å². The molecule has 1 aliphatic rings. The van der Waals surface area contributed by atoms with Crippen LogP contribution in [0.4, 0.5) is 13.2 Å². The van der Waals surface area contributed by atoms with Gasteiger partial charge in [-0.1, -0.05) is 49.7 Å². The van der Waals surface area contributed by atoms with Gasteiger partial charge in [0.05, 0.1) is 0 Å². The first-order valence-electron chi connectivity index (χ1n) is 8.05. The van der Waals surface area contributed by atoms with Crippen molar-refractivity contribution in [3.8, 4) is 0 Å². The van der Waals surface area contributed by atoms with Crippen LogP contribution in [0.5, 0.6) is 0 Å². The SMILES string of the molecule is CCCc1ccc([C@H](N2CCC(=O)N2)C(F)(F)F)c2ccccc12. The molecule has 0 aromatic heterocycles. The Labute approximate surface area is 138 Å². The number of nitrogens with one attached hydrogen (secondary N) is 1. The molecule has 0 saturated carbocycles. The first-order valence-corrected chi connectivity index (χ1v) is 8.05. The van der Waals surface area contributed by atoms with Crippen molar-refractivity contribution in [1.82, 2.24) is 10.4 Å². The van der Waals surface area contributed by atoms with Crippen LogP contribution in [0.3, 0.4) is 0 Å². The van der Waals surface area contributed by atoms with Crippen LogP contribution in [0, 0.1) is 0 Å². The van der Waals surface area contributed by atoms with Crippen molar-refractivity contribution in [3.05, 3.63) is 47.5 Å². The second-order valence-corrected chi connectivity index (χ2v) is 6.03. The first-order chi connectivity index (χ1) is 11.4. The van der Waals surface area contributed by atoms with Crippen LogP contribution in [0.2, 0.25) is 0 Å². The number of rotatable bonds is 4. The maximum absolute atomic E-state index is 13.8. The molecule has 1 saturated heterocycles. The average molecular weight is 336 g/mol. The third-order valence-corrected chi connectivity index (χ3v) is 4.33. The zero-order valence-electron chi connectivity index (χ0n) is 13.4. The van der Waals surface area contributed by atoms with Crippen LogP contribution in [0.25, 0.3) is 10.8 Å². The van der Waals surface area contributed by atoms with Gasteiger partial charge in [-0.05, 0) is 28.3 Å². The van der Waals surface area contributed by atoms with Crippen molar-refractivity contribution in [3.63, 3.8) is 0 Å². The van der Waals surface area contributed by atoms with E-state index in [1.807, 2.05) is 19.1 Å². The molecule has 1 N–H and O–H groups in total. The highest BCUT2D eigenvalue weighted by Gasteiger charge is 2.47. The van der Waals surface area contributed by atoms with E-state index in [0.29, 0.717) is 5.39 Å². The van der Waals surface area contributed by atoms with E-state index in [0.717, 1.165) is 28.8 Å². The highest BCUT2D eigenvalue weighted by atomic mass is 19.4. The van der Waals surface area contributed by atoms with Crippen LogP contribution in [0.15, 0.2) is 36.4 Å². The number of alkyl halides is 3. The van der Waals surface area contributed by atoms with Crippen molar-refractivity contribution in [2.45, 2.75) is 38.4 Å². The molecular weight excluding hydrogens is 317 g/mol. The fourth-order valence-electron chi connectivity index (χ4n) is 3.32. The number of carbonyl (C=O) groups is 1. The molecule has 3 rings (SSSR count). The van der Waals surface area contributed by atoms with E-state index in [2.05, 4.69) is 5.43 Å². The topological polar surface area (TPSA) is 32.3 Å². The molecule has 6 heteroatoms. The lowest BCUT2D eigenvalue weighted by Gasteiger charge is -2.30. The van der Waals surface area contributed by atoms with E-state index in [1.54, 1.807) is 24.3 Å². The number of hydrogen-bond donors (Lipinski definition) is 1. The summed E-state index contributed by atoms with van der Waals surface area (Å²) in [7, 11) is 0. The van der Waals surface area contributed by atoms with Gasteiger partial charge in [0.25, 0.3) is 0 Å². The zero-order chi connectivity index (χ0) is 17.3. The molecule has 1 amide bonds. The van der Waals surface area contributed by atoms with E-state index in [9.17, 15) is 18.0 Å². The number of benzene rings is 2. The summed E-state index contributed by atoms with van der Waals surface area (Å²) >= 11 is 0. The maximum Gasteiger partial charge on any atom is 0.409 e. The monoisotopic (exact) mass is 336 g/mol. The third kappa shape index (κ3) is 3.11. The summed E-state index contributed by atoms with van der Waals surface area (Å²) in [4.78, 5) is 11.4. The minimum Gasteiger partial charge on any atom is -0.288 e. The number of hydrogen-bond acceptors (Lipinski definition) is 2. The summed E-state index contributed by atoms with van der Waals surface area (Å²) in [5.74, 6) is -0.379. The lowest BCUT2D eigenvalue weighted by Crippen LogP contribution is -2.43. The molecule has 1 heterocycles. The average Bonchev–Trinajstić information content (AvgIpc) is 2.94. The van der Waals surface area contributed by atoms with Crippen LogP contribution in [0.1, 0.15) is 36.9 Å². The highest BCUT2D eigenvalue weighted by molar-refractivity contribution is 5.89. The molecule has 0 aliphatic carbocycles. The van der Waals surface area contributed by atoms with Gasteiger partial charge < -0.3 is 0 Å². The number of amides is 1. The smallest absolute Gasteiger partial charge is 0.288 e. The molecule has 0 bridgehead atoms. The van der Waals surface area contributed by atoms with Gasteiger partial charge >= 0.3 is 6.18 Å². The minimum atomic E-state index is -4.48. The Bertz CT molecular complexity index is 758. The standard InChI is InChI=1S/C18H19F3N2O/c1-2-5-12-8-9-15(14-7-4-3-6-13(12)14)17(18(19,20)21)23-11-10-16(24)22-23/h3-4,6-9,17H,2,5,10-11H2,1H3,(H,22,24)/t17-/m0/s1. The van der Waals surface area contributed by atoms with Gasteiger partial charge in [0.2, 0.25) is 5.91 Å². The molecule has 3 nitrogen and oxygen atoms in total. The number of halogens is 3. The molecule has 0 radical (unpaired) electrons. The van der Waals surface area contributed by atoms with Crippen molar-refractivity contribution >= 4 is 16.7 Å². The van der Waals surface area contributed by atoms with Crippen LogP contribution < -0.4 is 5.43 Å². The number of fused-ring (bicyclic) bond motifs is 1. The molecule has 1 aliphatic heterocycles. The summed E-state index contributed by atoms with van der Waals surface area (Å²) in [6, 6.07) is 8.65. The molecule has 0 unspecified atom stereocenters.